The first-order valence-corrected chi connectivity index (χ1v) is 12.7. The van der Waals surface area contributed by atoms with Gasteiger partial charge >= 0.3 is 0 Å². The third-order valence-electron chi connectivity index (χ3n) is 6.44. The van der Waals surface area contributed by atoms with Crippen molar-refractivity contribution >= 4 is 73.4 Å². The van der Waals surface area contributed by atoms with Crippen LogP contribution in [-0.4, -0.2) is 27.5 Å². The summed E-state index contributed by atoms with van der Waals surface area (Å²) in [5.41, 5.74) is 6.80. The second kappa shape index (κ2) is 9.26. The number of benzene rings is 3. The number of thiocarbonyl (C=S) groups is 1. The minimum absolute atomic E-state index is 0.130. The van der Waals surface area contributed by atoms with Gasteiger partial charge in [0.1, 0.15) is 5.70 Å². The summed E-state index contributed by atoms with van der Waals surface area (Å²) in [4.78, 5) is 17.0. The molecule has 1 amide bonds. The van der Waals surface area contributed by atoms with E-state index in [0.717, 1.165) is 37.8 Å². The highest BCUT2D eigenvalue weighted by Crippen LogP contribution is 2.32. The molecule has 0 N–H and O–H groups in total. The number of aromatic nitrogens is 1. The van der Waals surface area contributed by atoms with E-state index in [1.807, 2.05) is 68.6 Å². The Kier molecular flexibility index (Phi) is 6.30. The summed E-state index contributed by atoms with van der Waals surface area (Å²) in [6.45, 7) is 4.78. The van der Waals surface area contributed by atoms with E-state index in [9.17, 15) is 4.79 Å². The lowest BCUT2D eigenvalue weighted by molar-refractivity contribution is -0.114. The Bertz CT molecular complexity index is 1520. The van der Waals surface area contributed by atoms with E-state index in [4.69, 9.17) is 23.8 Å². The Morgan fingerprint density at radius 2 is 1.74 bits per heavy atom. The van der Waals surface area contributed by atoms with Crippen LogP contribution in [0.15, 0.2) is 77.0 Å². The SMILES string of the molecule is Cc1ccc(N2C(=O)/C(=C/c3cn(Cc4ccc(Cl)cc4)c4ccc(Br)cc34)N(C)C2=S)cc1C. The molecule has 176 valence electrons. The molecule has 0 aliphatic carbocycles. The third-order valence-corrected chi connectivity index (χ3v) is 7.64. The molecule has 35 heavy (non-hydrogen) atoms. The first kappa shape index (κ1) is 23.8. The summed E-state index contributed by atoms with van der Waals surface area (Å²) in [6, 6.07) is 20.0. The molecule has 1 aromatic heterocycles. The van der Waals surface area contributed by atoms with Crippen molar-refractivity contribution in [2.24, 2.45) is 0 Å². The number of anilines is 1. The van der Waals surface area contributed by atoms with E-state index in [1.54, 1.807) is 9.80 Å². The van der Waals surface area contributed by atoms with Crippen molar-refractivity contribution in [1.29, 1.82) is 0 Å². The molecule has 0 radical (unpaired) electrons. The summed E-state index contributed by atoms with van der Waals surface area (Å²) in [5.74, 6) is -0.130. The number of hydrogen-bond acceptors (Lipinski definition) is 2. The molecule has 0 atom stereocenters. The number of amides is 1. The zero-order valence-electron chi connectivity index (χ0n) is 19.5. The molecule has 1 fully saturated rings. The van der Waals surface area contributed by atoms with Crippen LogP contribution in [0.5, 0.6) is 0 Å². The molecule has 1 aliphatic rings. The Morgan fingerprint density at radius 1 is 1.00 bits per heavy atom. The fourth-order valence-corrected chi connectivity index (χ4v) is 5.10. The smallest absolute Gasteiger partial charge is 0.281 e. The third kappa shape index (κ3) is 4.42. The molecule has 0 unspecified atom stereocenters. The highest BCUT2D eigenvalue weighted by molar-refractivity contribution is 9.10. The quantitative estimate of drug-likeness (QED) is 0.192. The number of rotatable bonds is 4. The number of likely N-dealkylation sites (N-methyl/N-ethyl adjacent to an activating group) is 1. The number of aryl methyl sites for hydroxylation is 2. The number of nitrogens with zero attached hydrogens (tertiary/aromatic N) is 3. The monoisotopic (exact) mass is 563 g/mol. The van der Waals surface area contributed by atoms with Crippen LogP contribution in [0.3, 0.4) is 0 Å². The molecule has 5 rings (SSSR count). The lowest BCUT2D eigenvalue weighted by Gasteiger charge is -2.17. The zero-order chi connectivity index (χ0) is 24.9. The van der Waals surface area contributed by atoms with Gasteiger partial charge in [0.05, 0.1) is 5.69 Å². The average Bonchev–Trinajstić information content (AvgIpc) is 3.26. The van der Waals surface area contributed by atoms with Gasteiger partial charge in [-0.05, 0) is 91.3 Å². The Balaban J connectivity index is 1.57. The molecule has 0 saturated carbocycles. The maximum absolute atomic E-state index is 13.6. The highest BCUT2D eigenvalue weighted by atomic mass is 79.9. The predicted octanol–water partition coefficient (Wildman–Crippen LogP) is 7.33. The van der Waals surface area contributed by atoms with Crippen LogP contribution < -0.4 is 4.90 Å². The van der Waals surface area contributed by atoms with Crippen molar-refractivity contribution in [2.45, 2.75) is 20.4 Å². The molecular weight excluding hydrogens is 542 g/mol. The van der Waals surface area contributed by atoms with Gasteiger partial charge in [0, 0.05) is 45.8 Å². The van der Waals surface area contributed by atoms with Gasteiger partial charge in [-0.25, -0.2) is 0 Å². The average molecular weight is 565 g/mol. The molecule has 0 bridgehead atoms. The lowest BCUT2D eigenvalue weighted by atomic mass is 10.1. The van der Waals surface area contributed by atoms with Crippen LogP contribution in [0.25, 0.3) is 17.0 Å². The van der Waals surface area contributed by atoms with E-state index < -0.39 is 0 Å². The molecule has 4 aromatic rings. The normalized spacial score (nSPS) is 15.2. The molecule has 0 spiro atoms. The van der Waals surface area contributed by atoms with E-state index >= 15 is 0 Å². The van der Waals surface area contributed by atoms with E-state index in [-0.39, 0.29) is 5.91 Å². The summed E-state index contributed by atoms with van der Waals surface area (Å²) in [5, 5.41) is 2.24. The van der Waals surface area contributed by atoms with Crippen LogP contribution in [-0.2, 0) is 11.3 Å². The maximum atomic E-state index is 13.6. The van der Waals surface area contributed by atoms with Crippen LogP contribution in [0, 0.1) is 13.8 Å². The number of carbonyl (C=O) groups excluding carboxylic acids is 1. The molecule has 4 nitrogen and oxygen atoms in total. The Hall–Kier alpha value is -2.93. The van der Waals surface area contributed by atoms with Crippen molar-refractivity contribution in [2.75, 3.05) is 11.9 Å². The molecule has 1 saturated heterocycles. The first-order valence-electron chi connectivity index (χ1n) is 11.2. The highest BCUT2D eigenvalue weighted by Gasteiger charge is 2.37. The van der Waals surface area contributed by atoms with Gasteiger partial charge in [0.15, 0.2) is 5.11 Å². The summed E-state index contributed by atoms with van der Waals surface area (Å²) >= 11 is 15.3. The van der Waals surface area contributed by atoms with Gasteiger partial charge in [0.25, 0.3) is 5.91 Å². The molecular formula is C28H23BrClN3OS. The summed E-state index contributed by atoms with van der Waals surface area (Å²) in [7, 11) is 1.84. The largest absolute Gasteiger partial charge is 0.342 e. The van der Waals surface area contributed by atoms with Crippen LogP contribution in [0.1, 0.15) is 22.3 Å². The molecule has 2 heterocycles. The lowest BCUT2D eigenvalue weighted by Crippen LogP contribution is -2.31. The van der Waals surface area contributed by atoms with Gasteiger partial charge in [-0.2, -0.15) is 0 Å². The predicted molar refractivity (Wildman–Crippen MR) is 152 cm³/mol. The number of carbonyl (C=O) groups is 1. The number of fused-ring (bicyclic) bond motifs is 1. The molecule has 3 aromatic carbocycles. The second-order valence-electron chi connectivity index (χ2n) is 8.78. The van der Waals surface area contributed by atoms with Gasteiger partial charge in [-0.15, -0.1) is 0 Å². The maximum Gasteiger partial charge on any atom is 0.281 e. The van der Waals surface area contributed by atoms with Crippen molar-refractivity contribution in [3.63, 3.8) is 0 Å². The number of hydrogen-bond donors (Lipinski definition) is 0. The second-order valence-corrected chi connectivity index (χ2v) is 10.5. The van der Waals surface area contributed by atoms with E-state index in [0.29, 0.717) is 22.4 Å². The minimum atomic E-state index is -0.130. The molecule has 1 aliphatic heterocycles. The minimum Gasteiger partial charge on any atom is -0.342 e. The zero-order valence-corrected chi connectivity index (χ0v) is 22.7. The van der Waals surface area contributed by atoms with Crippen LogP contribution in [0.2, 0.25) is 5.02 Å². The van der Waals surface area contributed by atoms with Crippen LogP contribution in [0.4, 0.5) is 5.69 Å². The van der Waals surface area contributed by atoms with Crippen molar-refractivity contribution in [1.82, 2.24) is 9.47 Å². The van der Waals surface area contributed by atoms with Crippen molar-refractivity contribution < 1.29 is 4.79 Å². The van der Waals surface area contributed by atoms with E-state index in [2.05, 4.69) is 45.8 Å². The Morgan fingerprint density at radius 3 is 2.46 bits per heavy atom. The number of halogens is 2. The van der Waals surface area contributed by atoms with Crippen molar-refractivity contribution in [3.8, 4) is 0 Å². The topological polar surface area (TPSA) is 28.5 Å². The molecule has 7 heteroatoms. The van der Waals surface area contributed by atoms with Gasteiger partial charge < -0.3 is 9.47 Å². The van der Waals surface area contributed by atoms with Crippen molar-refractivity contribution in [3.05, 3.63) is 104 Å². The van der Waals surface area contributed by atoms with E-state index in [1.165, 1.54) is 5.56 Å². The van der Waals surface area contributed by atoms with Gasteiger partial charge in [-0.3, -0.25) is 9.69 Å². The summed E-state index contributed by atoms with van der Waals surface area (Å²) in [6.07, 6.45) is 4.02. The summed E-state index contributed by atoms with van der Waals surface area (Å²) < 4.78 is 3.17. The Labute approximate surface area is 223 Å². The van der Waals surface area contributed by atoms with Gasteiger partial charge in [-0.1, -0.05) is 45.7 Å². The van der Waals surface area contributed by atoms with Crippen LogP contribution >= 0.6 is 39.7 Å². The fraction of sp³-hybridized carbons (Fsp3) is 0.143. The first-order chi connectivity index (χ1) is 16.7. The fourth-order valence-electron chi connectivity index (χ4n) is 4.33. The van der Waals surface area contributed by atoms with Gasteiger partial charge in [0.2, 0.25) is 0 Å². The standard InChI is InChI=1S/C28H23BrClN3OS/c1-17-4-10-23(12-18(17)2)33-27(34)26(31(3)28(33)35)13-20-16-32(15-19-5-8-22(30)9-6-19)25-11-7-21(29)14-24(20)25/h4-14,16H,15H2,1-3H3/b26-13-.